The SMILES string of the molecule is CS/C(Nc1cccc(Cl)c1Cl)=C(\C#N)C(=O)c1cccs1. The minimum Gasteiger partial charge on any atom is -0.348 e. The Bertz CT molecular complexity index is 764. The van der Waals surface area contributed by atoms with Gasteiger partial charge in [-0.3, -0.25) is 4.79 Å². The van der Waals surface area contributed by atoms with Gasteiger partial charge in [0.2, 0.25) is 5.78 Å². The molecule has 0 aliphatic heterocycles. The summed E-state index contributed by atoms with van der Waals surface area (Å²) >= 11 is 14.7. The van der Waals surface area contributed by atoms with E-state index in [4.69, 9.17) is 23.2 Å². The van der Waals surface area contributed by atoms with E-state index in [0.29, 0.717) is 25.6 Å². The van der Waals surface area contributed by atoms with Crippen LogP contribution in [0.25, 0.3) is 0 Å². The number of thiophene rings is 1. The fourth-order valence-corrected chi connectivity index (χ4v) is 3.25. The van der Waals surface area contributed by atoms with Crippen molar-refractivity contribution in [3.05, 3.63) is 61.2 Å². The highest BCUT2D eigenvalue weighted by Crippen LogP contribution is 2.33. The van der Waals surface area contributed by atoms with Crippen LogP contribution in [0.5, 0.6) is 0 Å². The van der Waals surface area contributed by atoms with Crippen LogP contribution in [-0.2, 0) is 0 Å². The van der Waals surface area contributed by atoms with Crippen molar-refractivity contribution in [3.8, 4) is 6.07 Å². The zero-order valence-corrected chi connectivity index (χ0v) is 14.5. The maximum Gasteiger partial charge on any atom is 0.216 e. The molecule has 1 aromatic heterocycles. The lowest BCUT2D eigenvalue weighted by atomic mass is 10.1. The highest BCUT2D eigenvalue weighted by Gasteiger charge is 2.19. The van der Waals surface area contributed by atoms with Crippen molar-refractivity contribution in [3.63, 3.8) is 0 Å². The molecule has 1 N–H and O–H groups in total. The van der Waals surface area contributed by atoms with Gasteiger partial charge >= 0.3 is 0 Å². The molecule has 0 fully saturated rings. The summed E-state index contributed by atoms with van der Waals surface area (Å²) in [5.74, 6) is -0.312. The number of allylic oxidation sites excluding steroid dienone is 1. The van der Waals surface area contributed by atoms with Gasteiger partial charge in [-0.05, 0) is 29.8 Å². The van der Waals surface area contributed by atoms with Crippen LogP contribution in [0.4, 0.5) is 5.69 Å². The second-order valence-corrected chi connectivity index (χ2v) is 6.60. The molecule has 0 saturated carbocycles. The van der Waals surface area contributed by atoms with Gasteiger partial charge in [0.1, 0.15) is 11.6 Å². The highest BCUT2D eigenvalue weighted by atomic mass is 35.5. The van der Waals surface area contributed by atoms with Gasteiger partial charge < -0.3 is 5.32 Å². The van der Waals surface area contributed by atoms with Crippen LogP contribution in [0, 0.1) is 11.3 Å². The quantitative estimate of drug-likeness (QED) is 0.433. The van der Waals surface area contributed by atoms with E-state index in [1.165, 1.54) is 23.1 Å². The first-order valence-electron chi connectivity index (χ1n) is 6.06. The number of nitrogens with zero attached hydrogens (tertiary/aromatic N) is 1. The van der Waals surface area contributed by atoms with E-state index in [9.17, 15) is 10.1 Å². The van der Waals surface area contributed by atoms with Crippen molar-refractivity contribution >= 4 is 57.8 Å². The maximum absolute atomic E-state index is 12.4. The molecular weight excluding hydrogens is 359 g/mol. The van der Waals surface area contributed by atoms with Crippen molar-refractivity contribution in [2.24, 2.45) is 0 Å². The maximum atomic E-state index is 12.4. The molecule has 22 heavy (non-hydrogen) atoms. The molecule has 0 spiro atoms. The molecule has 0 aliphatic rings. The van der Waals surface area contributed by atoms with Crippen molar-refractivity contribution in [2.45, 2.75) is 0 Å². The topological polar surface area (TPSA) is 52.9 Å². The second kappa shape index (κ2) is 7.70. The molecule has 112 valence electrons. The first-order chi connectivity index (χ1) is 10.6. The van der Waals surface area contributed by atoms with Crippen LogP contribution in [0.15, 0.2) is 46.3 Å². The van der Waals surface area contributed by atoms with Crippen LogP contribution >= 0.6 is 46.3 Å². The Kier molecular flexibility index (Phi) is 5.92. The van der Waals surface area contributed by atoms with Crippen LogP contribution in [-0.4, -0.2) is 12.0 Å². The normalized spacial score (nSPS) is 11.5. The minimum atomic E-state index is -0.312. The molecule has 0 unspecified atom stereocenters. The average molecular weight is 369 g/mol. The van der Waals surface area contributed by atoms with Crippen LogP contribution in [0.2, 0.25) is 10.0 Å². The van der Waals surface area contributed by atoms with E-state index < -0.39 is 0 Å². The van der Waals surface area contributed by atoms with E-state index in [1.54, 1.807) is 42.0 Å². The first-order valence-corrected chi connectivity index (χ1v) is 8.92. The number of nitriles is 1. The number of hydrogen-bond acceptors (Lipinski definition) is 5. The Morgan fingerprint density at radius 2 is 2.09 bits per heavy atom. The van der Waals surface area contributed by atoms with Crippen LogP contribution in [0.1, 0.15) is 9.67 Å². The molecule has 1 aromatic carbocycles. The Hall–Kier alpha value is -1.45. The summed E-state index contributed by atoms with van der Waals surface area (Å²) in [7, 11) is 0. The number of hydrogen-bond donors (Lipinski definition) is 1. The number of Topliss-reactive ketones (excluding diaryl/α,β-unsaturated/α-hetero) is 1. The third kappa shape index (κ3) is 3.65. The molecule has 7 heteroatoms. The van der Waals surface area contributed by atoms with Crippen molar-refractivity contribution in [2.75, 3.05) is 11.6 Å². The second-order valence-electron chi connectivity index (χ2n) is 4.05. The van der Waals surface area contributed by atoms with Gasteiger partial charge in [0.15, 0.2) is 0 Å². The zero-order chi connectivity index (χ0) is 16.1. The third-order valence-electron chi connectivity index (χ3n) is 2.71. The fraction of sp³-hybridized carbons (Fsp3) is 0.0667. The summed E-state index contributed by atoms with van der Waals surface area (Å²) in [6, 6.07) is 10.6. The number of ketones is 1. The van der Waals surface area contributed by atoms with Gasteiger partial charge in [-0.1, -0.05) is 35.3 Å². The average Bonchev–Trinajstić information content (AvgIpc) is 3.05. The molecule has 2 rings (SSSR count). The predicted octanol–water partition coefficient (Wildman–Crippen LogP) is 5.45. The lowest BCUT2D eigenvalue weighted by molar-refractivity contribution is 0.104. The first kappa shape index (κ1) is 16.9. The summed E-state index contributed by atoms with van der Waals surface area (Å²) in [5.41, 5.74) is 0.594. The van der Waals surface area contributed by atoms with Crippen molar-refractivity contribution < 1.29 is 4.79 Å². The predicted molar refractivity (Wildman–Crippen MR) is 94.9 cm³/mol. The molecule has 1 heterocycles. The largest absolute Gasteiger partial charge is 0.348 e. The number of anilines is 1. The fourth-order valence-electron chi connectivity index (χ4n) is 1.67. The van der Waals surface area contributed by atoms with Gasteiger partial charge in [-0.15, -0.1) is 23.1 Å². The Morgan fingerprint density at radius 1 is 1.32 bits per heavy atom. The van der Waals surface area contributed by atoms with E-state index >= 15 is 0 Å². The van der Waals surface area contributed by atoms with Crippen molar-refractivity contribution in [1.82, 2.24) is 0 Å². The molecule has 0 atom stereocenters. The molecule has 3 nitrogen and oxygen atoms in total. The molecule has 2 aromatic rings. The van der Waals surface area contributed by atoms with Gasteiger partial charge in [0.05, 0.1) is 25.6 Å². The third-order valence-corrected chi connectivity index (χ3v) is 5.12. The van der Waals surface area contributed by atoms with E-state index in [0.717, 1.165) is 0 Å². The Balaban J connectivity index is 2.41. The number of nitrogens with one attached hydrogen (secondary N) is 1. The van der Waals surface area contributed by atoms with Crippen LogP contribution < -0.4 is 5.32 Å². The summed E-state index contributed by atoms with van der Waals surface area (Å²) in [4.78, 5) is 12.9. The summed E-state index contributed by atoms with van der Waals surface area (Å²) < 4.78 is 0. The number of carbonyl (C=O) groups excluding carboxylic acids is 1. The number of rotatable bonds is 5. The molecule has 0 bridgehead atoms. The summed E-state index contributed by atoms with van der Waals surface area (Å²) in [5, 5.41) is 15.4. The lowest BCUT2D eigenvalue weighted by Crippen LogP contribution is -2.08. The van der Waals surface area contributed by atoms with Crippen LogP contribution in [0.3, 0.4) is 0 Å². The standard InChI is InChI=1S/C15H10Cl2N2OS2/c1-21-15(19-11-5-2-4-10(16)13(11)17)9(8-18)14(20)12-6-3-7-22-12/h2-7,19H,1H3/b15-9+. The Morgan fingerprint density at radius 3 is 2.68 bits per heavy atom. The monoisotopic (exact) mass is 368 g/mol. The summed E-state index contributed by atoms with van der Waals surface area (Å²) in [6.07, 6.45) is 1.78. The molecule has 0 saturated heterocycles. The highest BCUT2D eigenvalue weighted by molar-refractivity contribution is 8.02. The van der Waals surface area contributed by atoms with E-state index in [-0.39, 0.29) is 11.4 Å². The van der Waals surface area contributed by atoms with E-state index in [2.05, 4.69) is 5.32 Å². The number of carbonyl (C=O) groups is 1. The zero-order valence-electron chi connectivity index (χ0n) is 11.4. The molecule has 0 aliphatic carbocycles. The lowest BCUT2D eigenvalue weighted by Gasteiger charge is -2.12. The number of halogens is 2. The number of thioether (sulfide) groups is 1. The minimum absolute atomic E-state index is 0.0472. The van der Waals surface area contributed by atoms with Gasteiger partial charge in [-0.2, -0.15) is 5.26 Å². The molecule has 0 radical (unpaired) electrons. The smallest absolute Gasteiger partial charge is 0.216 e. The molecule has 0 amide bonds. The van der Waals surface area contributed by atoms with Gasteiger partial charge in [0.25, 0.3) is 0 Å². The Labute approximate surface area is 146 Å². The van der Waals surface area contributed by atoms with Gasteiger partial charge in [0, 0.05) is 0 Å². The number of benzene rings is 1. The van der Waals surface area contributed by atoms with Crippen molar-refractivity contribution in [1.29, 1.82) is 5.26 Å². The molecular formula is C15H10Cl2N2OS2. The summed E-state index contributed by atoms with van der Waals surface area (Å²) in [6.45, 7) is 0. The van der Waals surface area contributed by atoms with E-state index in [1.807, 2.05) is 6.07 Å². The van der Waals surface area contributed by atoms with Gasteiger partial charge in [-0.25, -0.2) is 0 Å².